The summed E-state index contributed by atoms with van der Waals surface area (Å²) in [6.45, 7) is 0. The van der Waals surface area contributed by atoms with Gasteiger partial charge in [0.25, 0.3) is 5.69 Å². The van der Waals surface area contributed by atoms with E-state index in [-0.39, 0.29) is 11.4 Å². The molecule has 0 amide bonds. The van der Waals surface area contributed by atoms with Gasteiger partial charge in [0, 0.05) is 17.7 Å². The Kier molecular flexibility index (Phi) is 4.29. The normalized spacial score (nSPS) is 10.7. The van der Waals surface area contributed by atoms with E-state index in [1.54, 1.807) is 24.3 Å². The number of nitrogens with one attached hydrogen (secondary N) is 1. The zero-order chi connectivity index (χ0) is 17.1. The first-order valence-electron chi connectivity index (χ1n) is 6.65. The standard InChI is InChI=1S/C14H10N4O5S/c19-12(20)7-24-14-15-13(16-17-14)11-5-4-10(23-11)8-2-1-3-9(6-8)18(21)22/h1-6H,7H2,(H,19,20)(H,15,16,17). The molecule has 9 nitrogen and oxygen atoms in total. The summed E-state index contributed by atoms with van der Waals surface area (Å²) in [5.41, 5.74) is 0.535. The van der Waals surface area contributed by atoms with E-state index in [0.29, 0.717) is 28.1 Å². The maximum absolute atomic E-state index is 10.8. The van der Waals surface area contributed by atoms with Gasteiger partial charge in [-0.25, -0.2) is 0 Å². The van der Waals surface area contributed by atoms with E-state index in [1.807, 2.05) is 0 Å². The second kappa shape index (κ2) is 6.54. The molecule has 2 heterocycles. The van der Waals surface area contributed by atoms with Crippen molar-refractivity contribution >= 4 is 23.4 Å². The Morgan fingerprint density at radius 2 is 2.12 bits per heavy atom. The van der Waals surface area contributed by atoms with E-state index in [9.17, 15) is 14.9 Å². The lowest BCUT2D eigenvalue weighted by Gasteiger charge is -1.97. The number of aromatic amines is 1. The Labute approximate surface area is 138 Å². The van der Waals surface area contributed by atoms with Gasteiger partial charge in [0.2, 0.25) is 5.16 Å². The molecule has 0 aliphatic heterocycles. The van der Waals surface area contributed by atoms with Crippen LogP contribution in [0, 0.1) is 10.1 Å². The molecule has 0 atom stereocenters. The molecule has 3 aromatic rings. The summed E-state index contributed by atoms with van der Waals surface area (Å²) >= 11 is 0.983. The molecule has 122 valence electrons. The van der Waals surface area contributed by atoms with Crippen molar-refractivity contribution in [3.63, 3.8) is 0 Å². The SMILES string of the molecule is O=C(O)CSc1n[nH]c(-c2ccc(-c3cccc([N+](=O)[O-])c3)o2)n1. The molecule has 0 saturated carbocycles. The minimum atomic E-state index is -0.961. The van der Waals surface area contributed by atoms with Crippen molar-refractivity contribution in [2.45, 2.75) is 5.16 Å². The highest BCUT2D eigenvalue weighted by Crippen LogP contribution is 2.29. The van der Waals surface area contributed by atoms with Crippen molar-refractivity contribution < 1.29 is 19.2 Å². The van der Waals surface area contributed by atoms with Crippen molar-refractivity contribution in [1.29, 1.82) is 0 Å². The molecule has 10 heteroatoms. The lowest BCUT2D eigenvalue weighted by atomic mass is 10.1. The van der Waals surface area contributed by atoms with Gasteiger partial charge in [-0.15, -0.1) is 5.10 Å². The summed E-state index contributed by atoms with van der Waals surface area (Å²) in [4.78, 5) is 25.0. The van der Waals surface area contributed by atoms with Crippen LogP contribution in [0.15, 0.2) is 46.0 Å². The molecule has 0 unspecified atom stereocenters. The van der Waals surface area contributed by atoms with Crippen LogP contribution < -0.4 is 0 Å². The van der Waals surface area contributed by atoms with Crippen LogP contribution in [0.25, 0.3) is 22.9 Å². The number of benzene rings is 1. The Balaban J connectivity index is 1.82. The van der Waals surface area contributed by atoms with E-state index in [2.05, 4.69) is 15.2 Å². The second-order valence-electron chi connectivity index (χ2n) is 4.62. The third kappa shape index (κ3) is 3.43. The molecule has 0 aliphatic carbocycles. The number of carboxylic acids is 1. The van der Waals surface area contributed by atoms with Gasteiger partial charge in [-0.1, -0.05) is 23.9 Å². The number of hydrogen-bond donors (Lipinski definition) is 2. The molecule has 24 heavy (non-hydrogen) atoms. The van der Waals surface area contributed by atoms with E-state index in [1.165, 1.54) is 12.1 Å². The lowest BCUT2D eigenvalue weighted by molar-refractivity contribution is -0.384. The maximum Gasteiger partial charge on any atom is 0.313 e. The molecule has 2 aromatic heterocycles. The summed E-state index contributed by atoms with van der Waals surface area (Å²) in [7, 11) is 0. The van der Waals surface area contributed by atoms with Gasteiger partial charge in [-0.05, 0) is 12.1 Å². The molecular weight excluding hydrogens is 336 g/mol. The Morgan fingerprint density at radius 3 is 2.88 bits per heavy atom. The molecule has 0 saturated heterocycles. The van der Waals surface area contributed by atoms with Crippen LogP contribution in [-0.4, -0.2) is 36.9 Å². The number of nitro groups is 1. The molecule has 0 aliphatic rings. The van der Waals surface area contributed by atoms with Crippen LogP contribution in [0.2, 0.25) is 0 Å². The number of nitro benzene ring substituents is 1. The minimum absolute atomic E-state index is 0.0301. The topological polar surface area (TPSA) is 135 Å². The summed E-state index contributed by atoms with van der Waals surface area (Å²) in [5, 5.41) is 26.3. The predicted octanol–water partition coefficient (Wildman–Crippen LogP) is 2.82. The van der Waals surface area contributed by atoms with Crippen molar-refractivity contribution in [1.82, 2.24) is 15.2 Å². The highest BCUT2D eigenvalue weighted by Gasteiger charge is 2.14. The van der Waals surface area contributed by atoms with E-state index in [4.69, 9.17) is 9.52 Å². The molecule has 1 aromatic carbocycles. The predicted molar refractivity (Wildman–Crippen MR) is 84.5 cm³/mol. The number of furan rings is 1. The first-order chi connectivity index (χ1) is 11.5. The summed E-state index contributed by atoms with van der Waals surface area (Å²) in [6.07, 6.45) is 0. The molecule has 2 N–H and O–H groups in total. The molecule has 0 fully saturated rings. The molecule has 0 radical (unpaired) electrons. The zero-order valence-corrected chi connectivity index (χ0v) is 12.8. The minimum Gasteiger partial charge on any atom is -0.481 e. The molecule has 3 rings (SSSR count). The Bertz CT molecular complexity index is 904. The fourth-order valence-electron chi connectivity index (χ4n) is 1.94. The molecule has 0 bridgehead atoms. The van der Waals surface area contributed by atoms with Gasteiger partial charge < -0.3 is 9.52 Å². The monoisotopic (exact) mass is 346 g/mol. The van der Waals surface area contributed by atoms with Gasteiger partial charge >= 0.3 is 5.97 Å². The molecular formula is C14H10N4O5S. The summed E-state index contributed by atoms with van der Waals surface area (Å²) in [6, 6.07) is 9.41. The number of carboxylic acid groups (broad SMARTS) is 1. The van der Waals surface area contributed by atoms with Crippen molar-refractivity contribution in [2.24, 2.45) is 0 Å². The van der Waals surface area contributed by atoms with Gasteiger partial charge in [0.1, 0.15) is 5.76 Å². The largest absolute Gasteiger partial charge is 0.481 e. The molecule has 0 spiro atoms. The third-order valence-electron chi connectivity index (χ3n) is 2.97. The quantitative estimate of drug-likeness (QED) is 0.395. The van der Waals surface area contributed by atoms with Crippen molar-refractivity contribution in [2.75, 3.05) is 5.75 Å². The average molecular weight is 346 g/mol. The fraction of sp³-hybridized carbons (Fsp3) is 0.0714. The number of thioether (sulfide) groups is 1. The van der Waals surface area contributed by atoms with Gasteiger partial charge in [0.15, 0.2) is 11.6 Å². The fourth-order valence-corrected chi connectivity index (χ4v) is 2.46. The van der Waals surface area contributed by atoms with Crippen LogP contribution in [-0.2, 0) is 4.79 Å². The van der Waals surface area contributed by atoms with Crippen LogP contribution in [0.3, 0.4) is 0 Å². The second-order valence-corrected chi connectivity index (χ2v) is 5.56. The third-order valence-corrected chi connectivity index (χ3v) is 3.80. The lowest BCUT2D eigenvalue weighted by Crippen LogP contribution is -1.97. The number of aliphatic carboxylic acids is 1. The van der Waals surface area contributed by atoms with Crippen LogP contribution in [0.4, 0.5) is 5.69 Å². The van der Waals surface area contributed by atoms with Gasteiger partial charge in [-0.3, -0.25) is 20.0 Å². The maximum atomic E-state index is 10.8. The Morgan fingerprint density at radius 1 is 1.33 bits per heavy atom. The van der Waals surface area contributed by atoms with Crippen LogP contribution in [0.5, 0.6) is 0 Å². The van der Waals surface area contributed by atoms with Gasteiger partial charge in [0.05, 0.1) is 10.7 Å². The summed E-state index contributed by atoms with van der Waals surface area (Å²) in [5.74, 6) is 0.0851. The van der Waals surface area contributed by atoms with Crippen molar-refractivity contribution in [3.05, 3.63) is 46.5 Å². The van der Waals surface area contributed by atoms with E-state index < -0.39 is 10.9 Å². The smallest absolute Gasteiger partial charge is 0.313 e. The number of aromatic nitrogens is 3. The van der Waals surface area contributed by atoms with Crippen LogP contribution >= 0.6 is 11.8 Å². The number of nitrogens with zero attached hydrogens (tertiary/aromatic N) is 3. The number of carbonyl (C=O) groups is 1. The highest BCUT2D eigenvalue weighted by atomic mass is 32.2. The van der Waals surface area contributed by atoms with Crippen LogP contribution in [0.1, 0.15) is 0 Å². The van der Waals surface area contributed by atoms with Gasteiger partial charge in [-0.2, -0.15) is 4.98 Å². The average Bonchev–Trinajstić information content (AvgIpc) is 3.22. The highest BCUT2D eigenvalue weighted by molar-refractivity contribution is 7.99. The first-order valence-corrected chi connectivity index (χ1v) is 7.63. The number of hydrogen-bond acceptors (Lipinski definition) is 7. The zero-order valence-electron chi connectivity index (χ0n) is 12.0. The number of H-pyrrole nitrogens is 1. The Hall–Kier alpha value is -3.14. The summed E-state index contributed by atoms with van der Waals surface area (Å²) < 4.78 is 5.65. The first kappa shape index (κ1) is 15.7. The van der Waals surface area contributed by atoms with Crippen molar-refractivity contribution in [3.8, 4) is 22.9 Å². The number of non-ortho nitro benzene ring substituents is 1. The van der Waals surface area contributed by atoms with E-state index >= 15 is 0 Å². The van der Waals surface area contributed by atoms with E-state index in [0.717, 1.165) is 11.8 Å². The number of rotatable bonds is 6.